The Morgan fingerprint density at radius 2 is 1.03 bits per heavy atom. The second-order valence-corrected chi connectivity index (χ2v) is 7.53. The Morgan fingerprint density at radius 1 is 0.771 bits per heavy atom. The fourth-order valence-electron chi connectivity index (χ4n) is 1.99. The van der Waals surface area contributed by atoms with Crippen LogP contribution >= 0.6 is 0 Å². The summed E-state index contributed by atoms with van der Waals surface area (Å²) in [5.74, 6) is -7.40. The second kappa shape index (κ2) is 14.4. The van der Waals surface area contributed by atoms with Crippen LogP contribution < -0.4 is 0 Å². The Kier molecular flexibility index (Phi) is 15.4. The first-order valence-corrected chi connectivity index (χ1v) is 10.4. The molecular formula is C12H18O20S2Zn. The molecule has 0 aromatic rings. The topological polar surface area (TPSA) is 370 Å². The first-order valence-electron chi connectivity index (χ1n) is 7.69. The van der Waals surface area contributed by atoms with E-state index in [9.17, 15) is 45.7 Å². The summed E-state index contributed by atoms with van der Waals surface area (Å²) in [6, 6.07) is 0. The van der Waals surface area contributed by atoms with Gasteiger partial charge in [0.15, 0.2) is 23.7 Å². The normalized spacial score (nSPS) is 21.2. The Labute approximate surface area is 207 Å². The van der Waals surface area contributed by atoms with Crippen molar-refractivity contribution in [3.8, 4) is 0 Å². The summed E-state index contributed by atoms with van der Waals surface area (Å²) in [5.41, 5.74) is 0. The van der Waals surface area contributed by atoms with Crippen LogP contribution in [0.1, 0.15) is 0 Å². The summed E-state index contributed by atoms with van der Waals surface area (Å²) in [4.78, 5) is 21.9. The van der Waals surface area contributed by atoms with Gasteiger partial charge in [0.2, 0.25) is 0 Å². The number of carbonyl (C=O) groups is 2. The van der Waals surface area contributed by atoms with Crippen LogP contribution in [0.25, 0.3) is 0 Å². The van der Waals surface area contributed by atoms with Gasteiger partial charge in [-0.1, -0.05) is 0 Å². The number of ether oxygens (including phenoxy) is 2. The molecule has 4 atom stereocenters. The molecule has 2 rings (SSSR count). The van der Waals surface area contributed by atoms with Crippen molar-refractivity contribution in [1.29, 1.82) is 0 Å². The molecule has 200 valence electrons. The SMILES string of the molecule is O.O.O=C1O[C@H]([C@@H](O)CO)C(O)=C1OS(=O)(=O)[O-].O=C1O[C@H]([C@@H](O)CO)C(O)=C1OS(=O)(=O)[O-].[Zn+2]. The predicted octanol–water partition coefficient (Wildman–Crippen LogP) is -6.63. The van der Waals surface area contributed by atoms with E-state index in [1.165, 1.54) is 0 Å². The summed E-state index contributed by atoms with van der Waals surface area (Å²) in [6.07, 6.45) is -6.62. The quantitative estimate of drug-likeness (QED) is 0.0642. The smallest absolute Gasteiger partial charge is 0.716 e. The molecule has 0 aromatic carbocycles. The minimum atomic E-state index is -5.24. The van der Waals surface area contributed by atoms with Gasteiger partial charge in [-0.05, 0) is 0 Å². The largest absolute Gasteiger partial charge is 2.00 e. The first-order chi connectivity index (χ1) is 14.5. The van der Waals surface area contributed by atoms with Crippen LogP contribution in [-0.4, -0.2) is 117 Å². The van der Waals surface area contributed by atoms with Gasteiger partial charge in [-0.25, -0.2) is 26.4 Å². The third-order valence-electron chi connectivity index (χ3n) is 3.29. The molecule has 2 aliphatic heterocycles. The van der Waals surface area contributed by atoms with Gasteiger partial charge in [0.25, 0.3) is 32.3 Å². The molecule has 0 saturated heterocycles. The number of hydrogen-bond donors (Lipinski definition) is 6. The maximum Gasteiger partial charge on any atom is 2.00 e. The van der Waals surface area contributed by atoms with E-state index in [0.29, 0.717) is 0 Å². The number of esters is 2. The van der Waals surface area contributed by atoms with Crippen molar-refractivity contribution in [3.05, 3.63) is 23.0 Å². The molecule has 0 radical (unpaired) electrons. The number of cyclic esters (lactones) is 2. The maximum absolute atomic E-state index is 10.9. The zero-order chi connectivity index (χ0) is 25.0. The Hall–Kier alpha value is -2.18. The van der Waals surface area contributed by atoms with Crippen molar-refractivity contribution in [2.24, 2.45) is 0 Å². The fourth-order valence-corrected chi connectivity index (χ4v) is 2.70. The summed E-state index contributed by atoms with van der Waals surface area (Å²) in [5, 5.41) is 53.6. The average molecular weight is 612 g/mol. The van der Waals surface area contributed by atoms with Crippen molar-refractivity contribution in [3.63, 3.8) is 0 Å². The van der Waals surface area contributed by atoms with Gasteiger partial charge in [-0.3, -0.25) is 0 Å². The Morgan fingerprint density at radius 3 is 1.23 bits per heavy atom. The number of aliphatic hydroxyl groups is 6. The van der Waals surface area contributed by atoms with E-state index in [1.54, 1.807) is 0 Å². The monoisotopic (exact) mass is 610 g/mol. The van der Waals surface area contributed by atoms with E-state index >= 15 is 0 Å². The van der Waals surface area contributed by atoms with Crippen molar-refractivity contribution in [2.45, 2.75) is 24.4 Å². The third-order valence-corrected chi connectivity index (χ3v) is 4.03. The molecule has 2 heterocycles. The summed E-state index contributed by atoms with van der Waals surface area (Å²) < 4.78 is 76.9. The molecule has 0 bridgehead atoms. The van der Waals surface area contributed by atoms with Crippen LogP contribution in [0.15, 0.2) is 23.0 Å². The molecule has 35 heavy (non-hydrogen) atoms. The zero-order valence-corrected chi connectivity index (χ0v) is 21.4. The van der Waals surface area contributed by atoms with Crippen molar-refractivity contribution in [2.75, 3.05) is 13.2 Å². The molecule has 10 N–H and O–H groups in total. The molecule has 0 saturated carbocycles. The Bertz CT molecular complexity index is 933. The molecule has 0 unspecified atom stereocenters. The molecular weight excluding hydrogens is 594 g/mol. The van der Waals surface area contributed by atoms with Gasteiger partial charge in [0.1, 0.15) is 12.2 Å². The molecule has 2 aliphatic rings. The van der Waals surface area contributed by atoms with Gasteiger partial charge in [-0.2, -0.15) is 0 Å². The standard InChI is InChI=1S/2C6H8O9S.2H2O.Zn/c2*7-1-2(8)4-3(9)5(6(10)14-4)15-16(11,12)13;;;/h2*2,4,7-9H,1H2,(H,11,12,13);2*1H2;/q;;;;+2/p-2/t2*2-,4+;;;/m00.../s1. The van der Waals surface area contributed by atoms with Gasteiger partial charge in [0, 0.05) is 0 Å². The predicted molar refractivity (Wildman–Crippen MR) is 94.0 cm³/mol. The van der Waals surface area contributed by atoms with Gasteiger partial charge in [0.05, 0.1) is 13.2 Å². The van der Waals surface area contributed by atoms with Crippen LogP contribution in [0.3, 0.4) is 0 Å². The summed E-state index contributed by atoms with van der Waals surface area (Å²) in [6.45, 7) is -1.70. The molecule has 0 aliphatic carbocycles. The van der Waals surface area contributed by atoms with E-state index in [4.69, 9.17) is 20.4 Å². The number of carbonyl (C=O) groups excluding carboxylic acids is 2. The molecule has 23 heteroatoms. The number of hydrogen-bond acceptors (Lipinski definition) is 18. The number of rotatable bonds is 8. The van der Waals surface area contributed by atoms with E-state index in [1.807, 2.05) is 0 Å². The molecule has 20 nitrogen and oxygen atoms in total. The van der Waals surface area contributed by atoms with Crippen molar-refractivity contribution in [1.82, 2.24) is 0 Å². The zero-order valence-electron chi connectivity index (χ0n) is 16.8. The fraction of sp³-hybridized carbons (Fsp3) is 0.500. The molecule has 0 aromatic heterocycles. The van der Waals surface area contributed by atoms with E-state index in [0.717, 1.165) is 0 Å². The van der Waals surface area contributed by atoms with Crippen molar-refractivity contribution >= 4 is 32.7 Å². The van der Waals surface area contributed by atoms with E-state index < -0.39 is 93.4 Å². The van der Waals surface area contributed by atoms with E-state index in [2.05, 4.69) is 17.8 Å². The van der Waals surface area contributed by atoms with E-state index in [-0.39, 0.29) is 30.4 Å². The first kappa shape index (κ1) is 37.4. The minimum Gasteiger partial charge on any atom is -0.716 e. The van der Waals surface area contributed by atoms with Crippen molar-refractivity contribution < 1.29 is 114 Å². The molecule has 0 amide bonds. The summed E-state index contributed by atoms with van der Waals surface area (Å²) in [7, 11) is -10.5. The van der Waals surface area contributed by atoms with Crippen LogP contribution in [0.2, 0.25) is 0 Å². The minimum absolute atomic E-state index is 0. The molecule has 0 spiro atoms. The average Bonchev–Trinajstić information content (AvgIpc) is 3.10. The van der Waals surface area contributed by atoms with Gasteiger partial charge in [-0.15, -0.1) is 0 Å². The second-order valence-electron chi connectivity index (χ2n) is 5.56. The van der Waals surface area contributed by atoms with Crippen LogP contribution in [0.5, 0.6) is 0 Å². The van der Waals surface area contributed by atoms with Gasteiger partial charge < -0.3 is 68.5 Å². The van der Waals surface area contributed by atoms with Crippen LogP contribution in [0.4, 0.5) is 0 Å². The Balaban J connectivity index is -0.000000539. The summed E-state index contributed by atoms with van der Waals surface area (Å²) >= 11 is 0. The maximum atomic E-state index is 10.9. The van der Waals surface area contributed by atoms with Gasteiger partial charge >= 0.3 is 31.4 Å². The third kappa shape index (κ3) is 10.5. The van der Waals surface area contributed by atoms with Crippen LogP contribution in [-0.2, 0) is 67.7 Å². The van der Waals surface area contributed by atoms with Crippen LogP contribution in [0, 0.1) is 0 Å². The number of aliphatic hydroxyl groups excluding tert-OH is 6. The molecule has 0 fully saturated rings.